The lowest BCUT2D eigenvalue weighted by Crippen LogP contribution is -2.39. The molecule has 0 aliphatic carbocycles. The second-order valence-corrected chi connectivity index (χ2v) is 11.4. The standard InChI is InChI=1S/C31H29ClN4O7S/c1-41-28-16-13-25(18-29(28)42-2)36(44(39,40)27-9-4-3-5-10-27)20-30(37)35-33-19-22-11-14-26(15-12-22)43-21-31(38)34-24-8-6-7-23(32)17-24/h3-19H,20-21H2,1-2H3,(H,34,38)(H,35,37)/b33-19-. The summed E-state index contributed by atoms with van der Waals surface area (Å²) in [5.41, 5.74) is 3.74. The molecule has 0 atom stereocenters. The van der Waals surface area contributed by atoms with Gasteiger partial charge in [-0.3, -0.25) is 13.9 Å². The number of hydrogen-bond acceptors (Lipinski definition) is 8. The van der Waals surface area contributed by atoms with Crippen molar-refractivity contribution in [2.45, 2.75) is 4.90 Å². The first-order valence-corrected chi connectivity index (χ1v) is 14.9. The van der Waals surface area contributed by atoms with Crippen molar-refractivity contribution in [2.75, 3.05) is 37.0 Å². The molecule has 0 heterocycles. The Hall–Kier alpha value is -5.07. The molecule has 0 aliphatic rings. The summed E-state index contributed by atoms with van der Waals surface area (Å²) in [7, 11) is -1.24. The summed E-state index contributed by atoms with van der Waals surface area (Å²) in [5.74, 6) is 0.118. The third-order valence-corrected chi connectivity index (χ3v) is 8.06. The Morgan fingerprint density at radius 2 is 1.59 bits per heavy atom. The van der Waals surface area contributed by atoms with Crippen molar-refractivity contribution in [3.63, 3.8) is 0 Å². The van der Waals surface area contributed by atoms with E-state index >= 15 is 0 Å². The van der Waals surface area contributed by atoms with Crippen LogP contribution in [0.15, 0.2) is 107 Å². The van der Waals surface area contributed by atoms with Gasteiger partial charge in [0, 0.05) is 16.8 Å². The highest BCUT2D eigenvalue weighted by atomic mass is 35.5. The maximum atomic E-state index is 13.5. The molecule has 0 fully saturated rings. The lowest BCUT2D eigenvalue weighted by atomic mass is 10.2. The first-order chi connectivity index (χ1) is 21.2. The number of anilines is 2. The molecule has 0 spiro atoms. The summed E-state index contributed by atoms with van der Waals surface area (Å²) in [6.45, 7) is -0.771. The van der Waals surface area contributed by atoms with Crippen molar-refractivity contribution in [3.8, 4) is 17.2 Å². The van der Waals surface area contributed by atoms with Crippen LogP contribution in [0.1, 0.15) is 5.56 Å². The van der Waals surface area contributed by atoms with Crippen LogP contribution in [0.4, 0.5) is 11.4 Å². The summed E-state index contributed by atoms with van der Waals surface area (Å²) in [6, 6.07) is 25.7. The minimum atomic E-state index is -4.13. The molecule has 4 rings (SSSR count). The van der Waals surface area contributed by atoms with E-state index in [1.807, 2.05) is 0 Å². The van der Waals surface area contributed by atoms with E-state index in [2.05, 4.69) is 15.8 Å². The Bertz CT molecular complexity index is 1730. The maximum absolute atomic E-state index is 13.5. The zero-order valence-electron chi connectivity index (χ0n) is 23.8. The van der Waals surface area contributed by atoms with E-state index in [0.717, 1.165) is 4.31 Å². The summed E-state index contributed by atoms with van der Waals surface area (Å²) in [4.78, 5) is 25.0. The molecular weight excluding hydrogens is 608 g/mol. The number of sulfonamides is 1. The van der Waals surface area contributed by atoms with Crippen LogP contribution < -0.4 is 29.3 Å². The van der Waals surface area contributed by atoms with Gasteiger partial charge in [0.05, 0.1) is 31.0 Å². The largest absolute Gasteiger partial charge is 0.493 e. The first kappa shape index (κ1) is 31.9. The quantitative estimate of drug-likeness (QED) is 0.160. The van der Waals surface area contributed by atoms with Crippen LogP contribution in [0.5, 0.6) is 17.2 Å². The Kier molecular flexibility index (Phi) is 10.8. The number of amides is 2. The first-order valence-electron chi connectivity index (χ1n) is 13.1. The van der Waals surface area contributed by atoms with E-state index in [4.69, 9.17) is 25.8 Å². The van der Waals surface area contributed by atoms with Gasteiger partial charge < -0.3 is 19.5 Å². The predicted octanol–water partition coefficient (Wildman–Crippen LogP) is 4.72. The second kappa shape index (κ2) is 14.9. The van der Waals surface area contributed by atoms with E-state index in [-0.39, 0.29) is 23.1 Å². The van der Waals surface area contributed by atoms with E-state index < -0.39 is 22.5 Å². The van der Waals surface area contributed by atoms with Crippen LogP contribution in [0.2, 0.25) is 5.02 Å². The molecule has 0 unspecified atom stereocenters. The molecular formula is C31H29ClN4O7S. The summed E-state index contributed by atoms with van der Waals surface area (Å²) in [5, 5.41) is 7.15. The SMILES string of the molecule is COc1ccc(N(CC(=O)N/N=C\c2ccc(OCC(=O)Nc3cccc(Cl)c3)cc2)S(=O)(=O)c2ccccc2)cc1OC. The fourth-order valence-corrected chi connectivity index (χ4v) is 5.55. The molecule has 0 bridgehead atoms. The van der Waals surface area contributed by atoms with Gasteiger partial charge in [0.2, 0.25) is 0 Å². The van der Waals surface area contributed by atoms with Crippen LogP contribution in [-0.2, 0) is 19.6 Å². The third-order valence-electron chi connectivity index (χ3n) is 6.03. The van der Waals surface area contributed by atoms with Crippen LogP contribution in [0.25, 0.3) is 0 Å². The minimum Gasteiger partial charge on any atom is -0.493 e. The number of hydrazone groups is 1. The van der Waals surface area contributed by atoms with Crippen LogP contribution in [0.3, 0.4) is 0 Å². The zero-order chi connectivity index (χ0) is 31.5. The average Bonchev–Trinajstić information content (AvgIpc) is 3.03. The molecule has 0 radical (unpaired) electrons. The third kappa shape index (κ3) is 8.49. The number of nitrogens with one attached hydrogen (secondary N) is 2. The summed E-state index contributed by atoms with van der Waals surface area (Å²) >= 11 is 5.93. The highest BCUT2D eigenvalue weighted by molar-refractivity contribution is 7.92. The number of carbonyl (C=O) groups is 2. The molecule has 2 N–H and O–H groups in total. The monoisotopic (exact) mass is 636 g/mol. The molecule has 11 nitrogen and oxygen atoms in total. The topological polar surface area (TPSA) is 136 Å². The second-order valence-electron chi connectivity index (χ2n) is 9.07. The van der Waals surface area contributed by atoms with Crippen LogP contribution >= 0.6 is 11.6 Å². The van der Waals surface area contributed by atoms with Gasteiger partial charge in [0.1, 0.15) is 12.3 Å². The Labute approximate surface area is 260 Å². The van der Waals surface area contributed by atoms with Crippen molar-refractivity contribution in [1.82, 2.24) is 5.43 Å². The highest BCUT2D eigenvalue weighted by Gasteiger charge is 2.28. The van der Waals surface area contributed by atoms with Gasteiger partial charge in [-0.25, -0.2) is 13.8 Å². The molecule has 44 heavy (non-hydrogen) atoms. The van der Waals surface area contributed by atoms with Crippen LogP contribution in [-0.4, -0.2) is 53.8 Å². The smallest absolute Gasteiger partial charge is 0.264 e. The van der Waals surface area contributed by atoms with Gasteiger partial charge >= 0.3 is 0 Å². The Balaban J connectivity index is 1.38. The minimum absolute atomic E-state index is 0.00957. The Morgan fingerprint density at radius 1 is 0.864 bits per heavy atom. The molecule has 4 aromatic rings. The van der Waals surface area contributed by atoms with E-state index in [1.54, 1.807) is 72.8 Å². The number of rotatable bonds is 13. The molecule has 4 aromatic carbocycles. The van der Waals surface area contributed by atoms with Crippen molar-refractivity contribution in [2.24, 2.45) is 5.10 Å². The fourth-order valence-electron chi connectivity index (χ4n) is 3.92. The summed E-state index contributed by atoms with van der Waals surface area (Å²) in [6.07, 6.45) is 1.39. The zero-order valence-corrected chi connectivity index (χ0v) is 25.3. The molecule has 0 saturated heterocycles. The number of benzene rings is 4. The van der Waals surface area contributed by atoms with Gasteiger partial charge in [0.15, 0.2) is 18.1 Å². The summed E-state index contributed by atoms with van der Waals surface area (Å²) < 4.78 is 44.1. The molecule has 228 valence electrons. The molecule has 0 aromatic heterocycles. The normalized spacial score (nSPS) is 11.1. The van der Waals surface area contributed by atoms with Gasteiger partial charge in [-0.2, -0.15) is 5.10 Å². The number of nitrogens with zero attached hydrogens (tertiary/aromatic N) is 2. The van der Waals surface area contributed by atoms with Crippen molar-refractivity contribution in [1.29, 1.82) is 0 Å². The highest BCUT2D eigenvalue weighted by Crippen LogP contribution is 2.33. The van der Waals surface area contributed by atoms with Gasteiger partial charge in [-0.15, -0.1) is 0 Å². The lowest BCUT2D eigenvalue weighted by molar-refractivity contribution is -0.119. The van der Waals surface area contributed by atoms with Crippen molar-refractivity contribution < 1.29 is 32.2 Å². The van der Waals surface area contributed by atoms with E-state index in [1.165, 1.54) is 44.7 Å². The maximum Gasteiger partial charge on any atom is 0.264 e. The van der Waals surface area contributed by atoms with E-state index in [0.29, 0.717) is 33.5 Å². The van der Waals surface area contributed by atoms with Crippen LogP contribution in [0, 0.1) is 0 Å². The molecule has 13 heteroatoms. The number of halogens is 1. The van der Waals surface area contributed by atoms with Gasteiger partial charge in [-0.1, -0.05) is 35.9 Å². The van der Waals surface area contributed by atoms with Gasteiger partial charge in [-0.05, 0) is 72.3 Å². The number of ether oxygens (including phenoxy) is 3. The Morgan fingerprint density at radius 3 is 2.27 bits per heavy atom. The molecule has 2 amide bonds. The van der Waals surface area contributed by atoms with Gasteiger partial charge in [0.25, 0.3) is 21.8 Å². The number of carbonyl (C=O) groups excluding carboxylic acids is 2. The van der Waals surface area contributed by atoms with E-state index in [9.17, 15) is 18.0 Å². The average molecular weight is 637 g/mol. The number of hydrogen-bond donors (Lipinski definition) is 2. The fraction of sp³-hybridized carbons (Fsp3) is 0.129. The van der Waals surface area contributed by atoms with Crippen molar-refractivity contribution >= 4 is 51.0 Å². The molecule has 0 aliphatic heterocycles. The molecule has 0 saturated carbocycles. The number of methoxy groups -OCH3 is 2. The van der Waals surface area contributed by atoms with Crippen molar-refractivity contribution in [3.05, 3.63) is 108 Å². The lowest BCUT2D eigenvalue weighted by Gasteiger charge is -2.24. The predicted molar refractivity (Wildman–Crippen MR) is 168 cm³/mol.